The van der Waals surface area contributed by atoms with E-state index in [0.717, 1.165) is 29.5 Å². The lowest BCUT2D eigenvalue weighted by molar-refractivity contribution is 0.0946. The standard InChI is InChI=1S/C22H22N4O/c1-15-7-5-6-10-17(15)14-23-22(27)19-13-20(24-18-11-12-18)26-21(25-19)16-8-3-2-4-9-16/h2-10,13,18H,11-12,14H2,1H3,(H,23,27)(H,24,25,26). The number of anilines is 1. The molecule has 1 aromatic heterocycles. The first-order chi connectivity index (χ1) is 13.2. The third kappa shape index (κ3) is 4.31. The molecule has 27 heavy (non-hydrogen) atoms. The number of carbonyl (C=O) groups excluding carboxylic acids is 1. The summed E-state index contributed by atoms with van der Waals surface area (Å²) in [5.41, 5.74) is 3.52. The molecule has 1 heterocycles. The van der Waals surface area contributed by atoms with Gasteiger partial charge in [-0.3, -0.25) is 4.79 Å². The van der Waals surface area contributed by atoms with Crippen LogP contribution in [0.5, 0.6) is 0 Å². The van der Waals surface area contributed by atoms with Crippen LogP contribution < -0.4 is 10.6 Å². The zero-order chi connectivity index (χ0) is 18.6. The molecule has 5 heteroatoms. The van der Waals surface area contributed by atoms with E-state index >= 15 is 0 Å². The molecule has 0 unspecified atom stereocenters. The molecule has 1 aliphatic rings. The lowest BCUT2D eigenvalue weighted by Crippen LogP contribution is -2.25. The van der Waals surface area contributed by atoms with Crippen molar-refractivity contribution >= 4 is 11.7 Å². The van der Waals surface area contributed by atoms with Gasteiger partial charge >= 0.3 is 0 Å². The summed E-state index contributed by atoms with van der Waals surface area (Å²) < 4.78 is 0. The van der Waals surface area contributed by atoms with Gasteiger partial charge in [-0.2, -0.15) is 0 Å². The predicted octanol–water partition coefficient (Wildman–Crippen LogP) is 3.96. The smallest absolute Gasteiger partial charge is 0.270 e. The van der Waals surface area contributed by atoms with Crippen LogP contribution in [0.3, 0.4) is 0 Å². The highest BCUT2D eigenvalue weighted by Gasteiger charge is 2.22. The molecule has 2 aromatic carbocycles. The van der Waals surface area contributed by atoms with Crippen molar-refractivity contribution in [1.82, 2.24) is 15.3 Å². The van der Waals surface area contributed by atoms with Crippen LogP contribution in [0.25, 0.3) is 11.4 Å². The van der Waals surface area contributed by atoms with Crippen molar-refractivity contribution in [2.24, 2.45) is 0 Å². The monoisotopic (exact) mass is 358 g/mol. The molecule has 136 valence electrons. The van der Waals surface area contributed by atoms with Crippen molar-refractivity contribution in [2.45, 2.75) is 32.4 Å². The second kappa shape index (κ2) is 7.58. The Hall–Kier alpha value is -3.21. The van der Waals surface area contributed by atoms with Crippen molar-refractivity contribution in [3.63, 3.8) is 0 Å². The lowest BCUT2D eigenvalue weighted by atomic mass is 10.1. The number of amides is 1. The summed E-state index contributed by atoms with van der Waals surface area (Å²) in [5, 5.41) is 6.35. The summed E-state index contributed by atoms with van der Waals surface area (Å²) in [7, 11) is 0. The first kappa shape index (κ1) is 17.2. The Morgan fingerprint density at radius 2 is 1.78 bits per heavy atom. The highest BCUT2D eigenvalue weighted by Crippen LogP contribution is 2.25. The molecule has 1 fully saturated rings. The van der Waals surface area contributed by atoms with E-state index in [9.17, 15) is 4.79 Å². The summed E-state index contributed by atoms with van der Waals surface area (Å²) >= 11 is 0. The molecule has 4 rings (SSSR count). The van der Waals surface area contributed by atoms with Gasteiger partial charge in [-0.15, -0.1) is 0 Å². The van der Waals surface area contributed by atoms with Crippen LogP contribution in [-0.4, -0.2) is 21.9 Å². The summed E-state index contributed by atoms with van der Waals surface area (Å²) in [6, 6.07) is 19.9. The Labute approximate surface area is 158 Å². The van der Waals surface area contributed by atoms with Crippen LogP contribution in [0.1, 0.15) is 34.5 Å². The van der Waals surface area contributed by atoms with Crippen molar-refractivity contribution in [2.75, 3.05) is 5.32 Å². The van der Waals surface area contributed by atoms with Gasteiger partial charge in [0.05, 0.1) is 0 Å². The van der Waals surface area contributed by atoms with Gasteiger partial charge in [0.2, 0.25) is 0 Å². The van der Waals surface area contributed by atoms with Crippen molar-refractivity contribution in [1.29, 1.82) is 0 Å². The van der Waals surface area contributed by atoms with Gasteiger partial charge in [-0.25, -0.2) is 9.97 Å². The second-order valence-corrected chi connectivity index (χ2v) is 6.86. The van der Waals surface area contributed by atoms with E-state index in [2.05, 4.69) is 20.6 Å². The fraction of sp³-hybridized carbons (Fsp3) is 0.227. The van der Waals surface area contributed by atoms with Gasteiger partial charge in [0, 0.05) is 24.2 Å². The van der Waals surface area contributed by atoms with E-state index in [1.54, 1.807) is 6.07 Å². The van der Waals surface area contributed by atoms with Crippen molar-refractivity contribution in [3.05, 3.63) is 77.5 Å². The molecule has 3 aromatic rings. The quantitative estimate of drug-likeness (QED) is 0.700. The van der Waals surface area contributed by atoms with Crippen LogP contribution in [0, 0.1) is 6.92 Å². The molecule has 1 saturated carbocycles. The normalized spacial score (nSPS) is 13.2. The third-order valence-corrected chi connectivity index (χ3v) is 4.62. The van der Waals surface area contributed by atoms with E-state index in [-0.39, 0.29) is 5.91 Å². The minimum Gasteiger partial charge on any atom is -0.367 e. The number of benzene rings is 2. The fourth-order valence-electron chi connectivity index (χ4n) is 2.87. The molecule has 0 aliphatic heterocycles. The molecule has 1 aliphatic carbocycles. The van der Waals surface area contributed by atoms with E-state index in [1.165, 1.54) is 0 Å². The maximum absolute atomic E-state index is 12.7. The van der Waals surface area contributed by atoms with Crippen molar-refractivity contribution < 1.29 is 4.79 Å². The zero-order valence-electron chi connectivity index (χ0n) is 15.3. The summed E-state index contributed by atoms with van der Waals surface area (Å²) in [4.78, 5) is 21.8. The van der Waals surface area contributed by atoms with E-state index in [4.69, 9.17) is 0 Å². The molecule has 5 nitrogen and oxygen atoms in total. The lowest BCUT2D eigenvalue weighted by Gasteiger charge is -2.11. The van der Waals surface area contributed by atoms with Gasteiger partial charge in [-0.05, 0) is 30.9 Å². The minimum absolute atomic E-state index is 0.198. The third-order valence-electron chi connectivity index (χ3n) is 4.62. The van der Waals surface area contributed by atoms with Gasteiger partial charge in [0.1, 0.15) is 11.5 Å². The summed E-state index contributed by atoms with van der Waals surface area (Å²) in [5.74, 6) is 1.06. The largest absolute Gasteiger partial charge is 0.367 e. The molecule has 0 radical (unpaired) electrons. The van der Waals surface area contributed by atoms with E-state index in [1.807, 2.05) is 61.5 Å². The Morgan fingerprint density at radius 1 is 1.04 bits per heavy atom. The molecule has 0 atom stereocenters. The van der Waals surface area contributed by atoms with Crippen LogP contribution >= 0.6 is 0 Å². The Morgan fingerprint density at radius 3 is 2.52 bits per heavy atom. The molecular formula is C22H22N4O. The number of hydrogen-bond donors (Lipinski definition) is 2. The number of nitrogens with zero attached hydrogens (tertiary/aromatic N) is 2. The molecule has 0 bridgehead atoms. The van der Waals surface area contributed by atoms with Crippen molar-refractivity contribution in [3.8, 4) is 11.4 Å². The zero-order valence-corrected chi connectivity index (χ0v) is 15.3. The minimum atomic E-state index is -0.198. The molecule has 2 N–H and O–H groups in total. The molecule has 0 spiro atoms. The average molecular weight is 358 g/mol. The Bertz CT molecular complexity index is 952. The van der Waals surface area contributed by atoms with Gasteiger partial charge in [0.25, 0.3) is 5.91 Å². The number of rotatable bonds is 6. The fourth-order valence-corrected chi connectivity index (χ4v) is 2.87. The molecule has 0 saturated heterocycles. The second-order valence-electron chi connectivity index (χ2n) is 6.86. The number of aromatic nitrogens is 2. The van der Waals surface area contributed by atoms with E-state index in [0.29, 0.717) is 29.9 Å². The van der Waals surface area contributed by atoms with E-state index < -0.39 is 0 Å². The Balaban J connectivity index is 1.58. The average Bonchev–Trinajstić information content (AvgIpc) is 3.51. The van der Waals surface area contributed by atoms with Gasteiger partial charge in [-0.1, -0.05) is 54.6 Å². The first-order valence-electron chi connectivity index (χ1n) is 9.23. The maximum Gasteiger partial charge on any atom is 0.270 e. The molecular weight excluding hydrogens is 336 g/mol. The Kier molecular flexibility index (Phi) is 4.83. The number of aryl methyl sites for hydroxylation is 1. The van der Waals surface area contributed by atoms with Gasteiger partial charge < -0.3 is 10.6 Å². The number of carbonyl (C=O) groups is 1. The maximum atomic E-state index is 12.7. The van der Waals surface area contributed by atoms with Crippen LogP contribution in [0.2, 0.25) is 0 Å². The van der Waals surface area contributed by atoms with Gasteiger partial charge in [0.15, 0.2) is 5.82 Å². The first-order valence-corrected chi connectivity index (χ1v) is 9.23. The highest BCUT2D eigenvalue weighted by molar-refractivity contribution is 5.93. The summed E-state index contributed by atoms with van der Waals surface area (Å²) in [6.07, 6.45) is 2.28. The predicted molar refractivity (Wildman–Crippen MR) is 106 cm³/mol. The van der Waals surface area contributed by atoms with Crippen LogP contribution in [0.15, 0.2) is 60.7 Å². The highest BCUT2D eigenvalue weighted by atomic mass is 16.1. The number of nitrogens with one attached hydrogen (secondary N) is 2. The van der Waals surface area contributed by atoms with Crippen LogP contribution in [0.4, 0.5) is 5.82 Å². The van der Waals surface area contributed by atoms with Crippen LogP contribution in [-0.2, 0) is 6.54 Å². The topological polar surface area (TPSA) is 66.9 Å². The molecule has 1 amide bonds. The number of hydrogen-bond acceptors (Lipinski definition) is 4. The summed E-state index contributed by atoms with van der Waals surface area (Å²) in [6.45, 7) is 2.51. The SMILES string of the molecule is Cc1ccccc1CNC(=O)c1cc(NC2CC2)nc(-c2ccccc2)n1.